The van der Waals surface area contributed by atoms with Gasteiger partial charge < -0.3 is 10.2 Å². The van der Waals surface area contributed by atoms with Crippen molar-refractivity contribution in [2.75, 3.05) is 0 Å². The Bertz CT molecular complexity index is 553. The molecule has 0 radical (unpaired) electrons. The van der Waals surface area contributed by atoms with E-state index in [1.807, 2.05) is 0 Å². The zero-order valence-electron chi connectivity index (χ0n) is 14.4. The van der Waals surface area contributed by atoms with Gasteiger partial charge in [0.2, 0.25) is 0 Å². The highest BCUT2D eigenvalue weighted by Crippen LogP contribution is 2.66. The van der Waals surface area contributed by atoms with Gasteiger partial charge in [-0.05, 0) is 79.4 Å². The minimum absolute atomic E-state index is 0.116. The van der Waals surface area contributed by atoms with Crippen LogP contribution in [0.3, 0.4) is 0 Å². The lowest BCUT2D eigenvalue weighted by Crippen LogP contribution is -2.54. The van der Waals surface area contributed by atoms with Gasteiger partial charge in [0, 0.05) is 12.0 Å². The molecule has 0 saturated heterocycles. The van der Waals surface area contributed by atoms with Gasteiger partial charge in [-0.3, -0.25) is 4.79 Å². The fourth-order valence-corrected chi connectivity index (χ4v) is 7.10. The molecule has 2 N–H and O–H groups in total. The third-order valence-electron chi connectivity index (χ3n) is 8.53. The van der Waals surface area contributed by atoms with Crippen LogP contribution in [0.2, 0.25) is 0 Å². The predicted molar refractivity (Wildman–Crippen MR) is 88.8 cm³/mol. The molecule has 4 aliphatic carbocycles. The zero-order valence-corrected chi connectivity index (χ0v) is 14.4. The summed E-state index contributed by atoms with van der Waals surface area (Å²) in [6.07, 6.45) is 9.11. The topological polar surface area (TPSA) is 57.5 Å². The summed E-state index contributed by atoms with van der Waals surface area (Å²) in [5.41, 5.74) is 0.911. The minimum Gasteiger partial charge on any atom is -0.515 e. The van der Waals surface area contributed by atoms with E-state index in [-0.39, 0.29) is 22.7 Å². The molecular weight excluding hydrogens is 288 g/mol. The fourth-order valence-electron chi connectivity index (χ4n) is 7.10. The summed E-state index contributed by atoms with van der Waals surface area (Å²) < 4.78 is 0. The van der Waals surface area contributed by atoms with Crippen LogP contribution in [-0.2, 0) is 4.79 Å². The Labute approximate surface area is 139 Å². The molecule has 0 spiro atoms. The Morgan fingerprint density at radius 1 is 1.04 bits per heavy atom. The average molecular weight is 318 g/mol. The van der Waals surface area contributed by atoms with E-state index in [2.05, 4.69) is 13.8 Å². The van der Waals surface area contributed by atoms with E-state index in [1.54, 1.807) is 0 Å². The van der Waals surface area contributed by atoms with E-state index >= 15 is 0 Å². The molecule has 0 heterocycles. The maximum absolute atomic E-state index is 12.2. The van der Waals surface area contributed by atoms with Crippen LogP contribution in [-0.4, -0.2) is 22.1 Å². The summed E-state index contributed by atoms with van der Waals surface area (Å²) in [6.45, 7) is 4.68. The lowest BCUT2D eigenvalue weighted by molar-refractivity contribution is -0.135. The Morgan fingerprint density at radius 2 is 1.78 bits per heavy atom. The standard InChI is InChI=1S/C20H30O3/c1-19-8-7-16-14(15(19)5-6-18(19)23)4-3-13-9-17(22)12(11-21)10-20(13,16)2/h11,13-16,18,21,23H,3-10H2,1-2H3/t13?,14-,15-,16-,18?,19-,20-/m0/s1. The van der Waals surface area contributed by atoms with Gasteiger partial charge in [-0.15, -0.1) is 0 Å². The van der Waals surface area contributed by atoms with Crippen LogP contribution < -0.4 is 0 Å². The van der Waals surface area contributed by atoms with E-state index in [1.165, 1.54) is 19.3 Å². The van der Waals surface area contributed by atoms with Crippen molar-refractivity contribution in [3.63, 3.8) is 0 Å². The normalized spacial score (nSPS) is 54.5. The number of hydrogen-bond acceptors (Lipinski definition) is 3. The first-order valence-corrected chi connectivity index (χ1v) is 9.44. The van der Waals surface area contributed by atoms with Crippen molar-refractivity contribution in [3.05, 3.63) is 11.8 Å². The van der Waals surface area contributed by atoms with Crippen LogP contribution in [0.1, 0.15) is 65.2 Å². The van der Waals surface area contributed by atoms with E-state index in [4.69, 9.17) is 0 Å². The summed E-state index contributed by atoms with van der Waals surface area (Å²) in [6, 6.07) is 0. The number of ketones is 1. The maximum Gasteiger partial charge on any atom is 0.162 e. The second-order valence-electron chi connectivity index (χ2n) is 9.25. The number of Topliss-reactive ketones (excluding diaryl/α,β-unsaturated/α-hetero) is 1. The number of aliphatic hydroxyl groups excluding tert-OH is 2. The number of carbonyl (C=O) groups excluding carboxylic acids is 1. The third-order valence-corrected chi connectivity index (χ3v) is 8.53. The molecule has 2 unspecified atom stereocenters. The average Bonchev–Trinajstić information content (AvgIpc) is 2.83. The van der Waals surface area contributed by atoms with Crippen LogP contribution in [0.5, 0.6) is 0 Å². The SMILES string of the molecule is C[C@]12CC(=CO)C(=O)CC1CC[C@@H]1[C@@H]2CC[C@]2(C)C(O)CC[C@@H]12. The molecule has 4 rings (SSSR count). The zero-order chi connectivity index (χ0) is 16.4. The van der Waals surface area contributed by atoms with Crippen molar-refractivity contribution < 1.29 is 15.0 Å². The smallest absolute Gasteiger partial charge is 0.162 e. The highest BCUT2D eigenvalue weighted by Gasteiger charge is 2.60. The van der Waals surface area contributed by atoms with Crippen LogP contribution in [0.4, 0.5) is 0 Å². The van der Waals surface area contributed by atoms with Crippen LogP contribution in [0, 0.1) is 34.5 Å². The molecule has 3 nitrogen and oxygen atoms in total. The second-order valence-corrected chi connectivity index (χ2v) is 9.25. The molecule has 0 aromatic rings. The molecule has 4 aliphatic rings. The third kappa shape index (κ3) is 2.01. The fraction of sp³-hybridized carbons (Fsp3) is 0.850. The van der Waals surface area contributed by atoms with Crippen molar-refractivity contribution in [1.82, 2.24) is 0 Å². The van der Waals surface area contributed by atoms with Crippen LogP contribution in [0.25, 0.3) is 0 Å². The molecule has 4 fully saturated rings. The Kier molecular flexibility index (Phi) is 3.46. The molecule has 0 aromatic carbocycles. The first-order valence-electron chi connectivity index (χ1n) is 9.44. The van der Waals surface area contributed by atoms with E-state index in [9.17, 15) is 15.0 Å². The Morgan fingerprint density at radius 3 is 2.52 bits per heavy atom. The molecule has 128 valence electrons. The predicted octanol–water partition coefficient (Wildman–Crippen LogP) is 4.01. The van der Waals surface area contributed by atoms with E-state index in [0.29, 0.717) is 35.7 Å². The van der Waals surface area contributed by atoms with Gasteiger partial charge in [0.25, 0.3) is 0 Å². The number of allylic oxidation sites excluding steroid dienone is 1. The monoisotopic (exact) mass is 318 g/mol. The lowest BCUT2D eigenvalue weighted by atomic mass is 9.45. The largest absolute Gasteiger partial charge is 0.515 e. The van der Waals surface area contributed by atoms with Gasteiger partial charge in [-0.2, -0.15) is 0 Å². The highest BCUT2D eigenvalue weighted by molar-refractivity contribution is 5.96. The summed E-state index contributed by atoms with van der Waals surface area (Å²) in [5.74, 6) is 2.63. The molecule has 0 aliphatic heterocycles. The summed E-state index contributed by atoms with van der Waals surface area (Å²) in [7, 11) is 0. The van der Waals surface area contributed by atoms with Gasteiger partial charge in [-0.25, -0.2) is 0 Å². The number of hydrogen-bond donors (Lipinski definition) is 2. The summed E-state index contributed by atoms with van der Waals surface area (Å²) in [4.78, 5) is 12.2. The number of fused-ring (bicyclic) bond motifs is 5. The van der Waals surface area contributed by atoms with E-state index < -0.39 is 0 Å². The lowest BCUT2D eigenvalue weighted by Gasteiger charge is -2.60. The molecule has 23 heavy (non-hydrogen) atoms. The number of rotatable bonds is 0. The molecule has 7 atom stereocenters. The summed E-state index contributed by atoms with van der Waals surface area (Å²) in [5, 5.41) is 20.0. The van der Waals surface area contributed by atoms with Gasteiger partial charge in [0.15, 0.2) is 5.78 Å². The minimum atomic E-state index is -0.125. The van der Waals surface area contributed by atoms with Gasteiger partial charge in [-0.1, -0.05) is 13.8 Å². The molecule has 0 aromatic heterocycles. The highest BCUT2D eigenvalue weighted by atomic mass is 16.3. The van der Waals surface area contributed by atoms with Crippen molar-refractivity contribution in [1.29, 1.82) is 0 Å². The molecule has 3 heteroatoms. The number of carbonyl (C=O) groups is 1. The van der Waals surface area contributed by atoms with E-state index in [0.717, 1.165) is 31.9 Å². The van der Waals surface area contributed by atoms with Gasteiger partial charge in [0.1, 0.15) is 0 Å². The first-order chi connectivity index (χ1) is 10.9. The van der Waals surface area contributed by atoms with Crippen molar-refractivity contribution in [3.8, 4) is 0 Å². The van der Waals surface area contributed by atoms with Crippen LogP contribution >= 0.6 is 0 Å². The molecular formula is C20H30O3. The van der Waals surface area contributed by atoms with Gasteiger partial charge in [0.05, 0.1) is 12.4 Å². The van der Waals surface area contributed by atoms with Gasteiger partial charge >= 0.3 is 0 Å². The Hall–Kier alpha value is -0.830. The van der Waals surface area contributed by atoms with Crippen LogP contribution in [0.15, 0.2) is 11.8 Å². The van der Waals surface area contributed by atoms with Crippen molar-refractivity contribution in [2.24, 2.45) is 34.5 Å². The maximum atomic E-state index is 12.2. The summed E-state index contributed by atoms with van der Waals surface area (Å²) >= 11 is 0. The molecule has 0 bridgehead atoms. The Balaban J connectivity index is 1.66. The van der Waals surface area contributed by atoms with Crippen molar-refractivity contribution in [2.45, 2.75) is 71.3 Å². The first kappa shape index (κ1) is 15.7. The molecule has 0 amide bonds. The molecule has 4 saturated carbocycles. The second kappa shape index (κ2) is 5.08. The number of aliphatic hydroxyl groups is 2. The quantitative estimate of drug-likeness (QED) is 0.524. The van der Waals surface area contributed by atoms with Crippen molar-refractivity contribution >= 4 is 5.78 Å².